The van der Waals surface area contributed by atoms with Crippen LogP contribution in [0.25, 0.3) is 88.4 Å². The topological polar surface area (TPSA) is 9.86 Å². The van der Waals surface area contributed by atoms with Crippen molar-refractivity contribution in [2.75, 3.05) is 0 Å². The molecular formula is C48H32N2. The highest BCUT2D eigenvalue weighted by atomic mass is 15.0. The number of benzene rings is 8. The molecule has 2 nitrogen and oxygen atoms in total. The quantitative estimate of drug-likeness (QED) is 0.178. The first-order chi connectivity index (χ1) is 24.8. The standard InChI is InChI=1S/C48H32N2/c1-2-13-33(14-3-1)35-15-12-16-36(31-35)44-32-38(50-47-23-10-6-19-42(47)43-20-7-11-24-48(43)50)29-30-39(44)34-25-27-37(28-26-34)49-45-21-8-4-17-40(45)41-18-5-9-22-46(41)49/h1-32H. The van der Waals surface area contributed by atoms with Crippen molar-refractivity contribution >= 4 is 43.6 Å². The van der Waals surface area contributed by atoms with Gasteiger partial charge in [0.25, 0.3) is 0 Å². The SMILES string of the molecule is c1ccc(-c2cccc(-c3cc(-n4c5ccccc5c5ccccc54)ccc3-c3ccc(-n4c5ccccc5c5ccccc54)cc3)c2)cc1. The summed E-state index contributed by atoms with van der Waals surface area (Å²) in [5.74, 6) is 0. The van der Waals surface area contributed by atoms with Gasteiger partial charge in [-0.1, -0.05) is 140 Å². The molecular weight excluding hydrogens is 605 g/mol. The molecule has 0 saturated heterocycles. The van der Waals surface area contributed by atoms with Crippen LogP contribution in [0.15, 0.2) is 194 Å². The van der Waals surface area contributed by atoms with E-state index in [0.29, 0.717) is 0 Å². The van der Waals surface area contributed by atoms with E-state index >= 15 is 0 Å². The average molecular weight is 637 g/mol. The van der Waals surface area contributed by atoms with Crippen molar-refractivity contribution in [2.45, 2.75) is 0 Å². The molecule has 0 N–H and O–H groups in total. The maximum atomic E-state index is 2.41. The van der Waals surface area contributed by atoms with Crippen LogP contribution in [0.4, 0.5) is 0 Å². The van der Waals surface area contributed by atoms with Gasteiger partial charge in [-0.05, 0) is 88.0 Å². The van der Waals surface area contributed by atoms with E-state index < -0.39 is 0 Å². The van der Waals surface area contributed by atoms with Gasteiger partial charge in [-0.25, -0.2) is 0 Å². The number of rotatable bonds is 5. The van der Waals surface area contributed by atoms with Gasteiger partial charge in [0.05, 0.1) is 22.1 Å². The van der Waals surface area contributed by atoms with Crippen molar-refractivity contribution < 1.29 is 0 Å². The fourth-order valence-corrected chi connectivity index (χ4v) is 7.85. The van der Waals surface area contributed by atoms with Crippen LogP contribution in [0.3, 0.4) is 0 Å². The fourth-order valence-electron chi connectivity index (χ4n) is 7.85. The molecule has 10 aromatic rings. The second-order valence-corrected chi connectivity index (χ2v) is 13.0. The molecule has 0 aliphatic heterocycles. The number of para-hydroxylation sites is 4. The Morgan fingerprint density at radius 1 is 0.240 bits per heavy atom. The zero-order valence-corrected chi connectivity index (χ0v) is 27.4. The Balaban J connectivity index is 1.17. The predicted octanol–water partition coefficient (Wildman–Crippen LogP) is 12.9. The fraction of sp³-hybridized carbons (Fsp3) is 0. The lowest BCUT2D eigenvalue weighted by Crippen LogP contribution is -1.97. The molecule has 0 atom stereocenters. The zero-order chi connectivity index (χ0) is 33.0. The van der Waals surface area contributed by atoms with E-state index in [-0.39, 0.29) is 0 Å². The lowest BCUT2D eigenvalue weighted by molar-refractivity contribution is 1.18. The van der Waals surface area contributed by atoms with E-state index in [1.54, 1.807) is 0 Å². The Morgan fingerprint density at radius 3 is 1.24 bits per heavy atom. The Hall–Kier alpha value is -6.64. The number of hydrogen-bond donors (Lipinski definition) is 0. The molecule has 0 saturated carbocycles. The van der Waals surface area contributed by atoms with Gasteiger partial charge in [-0.3, -0.25) is 0 Å². The van der Waals surface area contributed by atoms with E-state index in [2.05, 4.69) is 203 Å². The normalized spacial score (nSPS) is 11.6. The molecule has 0 bridgehead atoms. The minimum atomic E-state index is 1.15. The largest absolute Gasteiger partial charge is 0.309 e. The third kappa shape index (κ3) is 4.50. The first-order valence-electron chi connectivity index (χ1n) is 17.2. The smallest absolute Gasteiger partial charge is 0.0541 e. The number of fused-ring (bicyclic) bond motifs is 6. The number of aromatic nitrogens is 2. The average Bonchev–Trinajstić information content (AvgIpc) is 3.71. The van der Waals surface area contributed by atoms with E-state index in [1.807, 2.05) is 0 Å². The van der Waals surface area contributed by atoms with Crippen LogP contribution >= 0.6 is 0 Å². The van der Waals surface area contributed by atoms with Crippen molar-refractivity contribution in [1.82, 2.24) is 9.13 Å². The molecule has 10 rings (SSSR count). The van der Waals surface area contributed by atoms with Crippen LogP contribution in [0.5, 0.6) is 0 Å². The maximum absolute atomic E-state index is 2.41. The summed E-state index contributed by atoms with van der Waals surface area (Å²) >= 11 is 0. The molecule has 50 heavy (non-hydrogen) atoms. The van der Waals surface area contributed by atoms with Gasteiger partial charge >= 0.3 is 0 Å². The minimum Gasteiger partial charge on any atom is -0.309 e. The molecule has 2 heteroatoms. The van der Waals surface area contributed by atoms with Crippen molar-refractivity contribution in [2.24, 2.45) is 0 Å². The van der Waals surface area contributed by atoms with E-state index in [0.717, 1.165) is 11.4 Å². The minimum absolute atomic E-state index is 1.15. The highest BCUT2D eigenvalue weighted by Crippen LogP contribution is 2.39. The molecule has 0 aliphatic carbocycles. The third-order valence-electron chi connectivity index (χ3n) is 10.1. The predicted molar refractivity (Wildman–Crippen MR) is 211 cm³/mol. The van der Waals surface area contributed by atoms with Crippen LogP contribution < -0.4 is 0 Å². The van der Waals surface area contributed by atoms with E-state index in [9.17, 15) is 0 Å². The number of hydrogen-bond acceptors (Lipinski definition) is 0. The zero-order valence-electron chi connectivity index (χ0n) is 27.4. The van der Waals surface area contributed by atoms with Crippen LogP contribution in [0.2, 0.25) is 0 Å². The molecule has 0 radical (unpaired) electrons. The molecule has 234 valence electrons. The Labute approximate surface area is 290 Å². The van der Waals surface area contributed by atoms with Crippen molar-refractivity contribution in [3.05, 3.63) is 194 Å². The summed E-state index contributed by atoms with van der Waals surface area (Å²) in [7, 11) is 0. The summed E-state index contributed by atoms with van der Waals surface area (Å²) in [6.45, 7) is 0. The Morgan fingerprint density at radius 2 is 0.680 bits per heavy atom. The van der Waals surface area contributed by atoms with Crippen LogP contribution in [0, 0.1) is 0 Å². The third-order valence-corrected chi connectivity index (χ3v) is 10.1. The van der Waals surface area contributed by atoms with Crippen molar-refractivity contribution in [3.63, 3.8) is 0 Å². The second kappa shape index (κ2) is 11.5. The summed E-state index contributed by atoms with van der Waals surface area (Å²) in [5, 5.41) is 5.07. The van der Waals surface area contributed by atoms with Gasteiger partial charge in [0, 0.05) is 32.9 Å². The Bertz CT molecular complexity index is 2750. The van der Waals surface area contributed by atoms with E-state index in [1.165, 1.54) is 77.0 Å². The van der Waals surface area contributed by atoms with Crippen LogP contribution in [0.1, 0.15) is 0 Å². The highest BCUT2D eigenvalue weighted by molar-refractivity contribution is 6.10. The lowest BCUT2D eigenvalue weighted by Gasteiger charge is -2.16. The summed E-state index contributed by atoms with van der Waals surface area (Å²) in [5.41, 5.74) is 14.4. The molecule has 2 heterocycles. The summed E-state index contributed by atoms with van der Waals surface area (Å²) < 4.78 is 4.79. The van der Waals surface area contributed by atoms with Crippen LogP contribution in [-0.2, 0) is 0 Å². The van der Waals surface area contributed by atoms with Gasteiger partial charge in [0.15, 0.2) is 0 Å². The van der Waals surface area contributed by atoms with E-state index in [4.69, 9.17) is 0 Å². The second-order valence-electron chi connectivity index (χ2n) is 13.0. The molecule has 0 unspecified atom stereocenters. The van der Waals surface area contributed by atoms with Gasteiger partial charge in [0.2, 0.25) is 0 Å². The molecule has 8 aromatic carbocycles. The molecule has 0 fully saturated rings. The molecule has 0 amide bonds. The maximum Gasteiger partial charge on any atom is 0.0541 e. The van der Waals surface area contributed by atoms with Gasteiger partial charge in [0.1, 0.15) is 0 Å². The molecule has 0 aliphatic rings. The number of nitrogens with zero attached hydrogens (tertiary/aromatic N) is 2. The van der Waals surface area contributed by atoms with Crippen molar-refractivity contribution in [1.29, 1.82) is 0 Å². The van der Waals surface area contributed by atoms with Gasteiger partial charge < -0.3 is 9.13 Å². The Kier molecular flexibility index (Phi) is 6.53. The highest BCUT2D eigenvalue weighted by Gasteiger charge is 2.16. The van der Waals surface area contributed by atoms with Crippen LogP contribution in [-0.4, -0.2) is 9.13 Å². The van der Waals surface area contributed by atoms with Crippen molar-refractivity contribution in [3.8, 4) is 44.8 Å². The first-order valence-corrected chi connectivity index (χ1v) is 17.2. The summed E-state index contributed by atoms with van der Waals surface area (Å²) in [4.78, 5) is 0. The monoisotopic (exact) mass is 636 g/mol. The van der Waals surface area contributed by atoms with Gasteiger partial charge in [-0.15, -0.1) is 0 Å². The van der Waals surface area contributed by atoms with Gasteiger partial charge in [-0.2, -0.15) is 0 Å². The summed E-state index contributed by atoms with van der Waals surface area (Å²) in [6.07, 6.45) is 0. The summed E-state index contributed by atoms with van der Waals surface area (Å²) in [6, 6.07) is 70.5. The first kappa shape index (κ1) is 28.4. The molecule has 2 aromatic heterocycles. The molecule has 0 spiro atoms. The lowest BCUT2D eigenvalue weighted by atomic mass is 9.92.